The van der Waals surface area contributed by atoms with Crippen molar-refractivity contribution >= 4 is 148 Å². The number of rotatable bonds is 59. The maximum Gasteiger partial charge on any atom is 0.303 e. The van der Waals surface area contributed by atoms with E-state index < -0.39 is 378 Å². The number of nitrogens with one attached hydrogen (secondary N) is 16. The summed E-state index contributed by atoms with van der Waals surface area (Å²) in [7, 11) is 0. The zero-order valence-electron chi connectivity index (χ0n) is 75.5. The van der Waals surface area contributed by atoms with Gasteiger partial charge in [0.2, 0.25) is 124 Å². The van der Waals surface area contributed by atoms with Crippen LogP contribution in [0.5, 0.6) is 0 Å². The van der Waals surface area contributed by atoms with Crippen LogP contribution in [0.15, 0.2) is 0 Å². The molecule has 0 aromatic carbocycles. The molecule has 1 heterocycles. The maximum absolute atomic E-state index is 15.0. The van der Waals surface area contributed by atoms with Gasteiger partial charge in [-0.1, -0.05) is 48.0 Å². The Labute approximate surface area is 765 Å². The van der Waals surface area contributed by atoms with E-state index in [9.17, 15) is 145 Å². The highest BCUT2D eigenvalue weighted by atomic mass is 16.4. The van der Waals surface area contributed by atoms with E-state index in [1.54, 1.807) is 41.5 Å². The highest BCUT2D eigenvalue weighted by Crippen LogP contribution is 2.21. The summed E-state index contributed by atoms with van der Waals surface area (Å²) >= 11 is 0. The number of aliphatic carboxylic acids is 4. The highest BCUT2D eigenvalue weighted by molar-refractivity contribution is 6.02. The van der Waals surface area contributed by atoms with Gasteiger partial charge in [0.15, 0.2) is 0 Å². The number of primary amides is 5. The summed E-state index contributed by atoms with van der Waals surface area (Å²) in [5.41, 5.74) is 38.2. The molecule has 133 heavy (non-hydrogen) atoms. The summed E-state index contributed by atoms with van der Waals surface area (Å²) in [6.45, 7) is 8.86. The minimum Gasteiger partial charge on any atom is -0.481 e. The van der Waals surface area contributed by atoms with E-state index >= 15 is 0 Å². The van der Waals surface area contributed by atoms with Crippen LogP contribution >= 0.6 is 0 Å². The molecule has 17 atom stereocenters. The van der Waals surface area contributed by atoms with Gasteiger partial charge in [-0.3, -0.25) is 120 Å². The first-order chi connectivity index (χ1) is 62.3. The van der Waals surface area contributed by atoms with Crippen molar-refractivity contribution in [2.75, 3.05) is 26.2 Å². The standard InChI is InChI=1S/C80H133N23O30/c1-8-39(6)65-80(133)97-43(70(123)93-47(19-26-62(113)114)73(126)92-42(13-9-11-29-81)71(124)102-54(36-104)79(132)99-51(66(87)119)34-58(86)108)14-10-12-30-88-59(109)24-17-46(75(128)101-53(32-38(4)5)78(131)103-65)91-68(121)41(15-22-55(83)105)50(33-57(85)107)98-67(120)40(7)89-69(122)45(16-23-56(84)106)96-77(130)52(31-37(2)3)100-76(129)49(21-28-64(117)118)95-74(127)48(20-27-63(115)116)94-72(125)44(18-25-61(111)112)90-60(110)35-82/h37-54,65,104H,8-36,81-82H2,1-7H3,(H2,83,105)(H2,84,106)(H2,85,107)(H2,86,108)(H2,87,119)(H,88,109)(H,89,122)(H,90,110)(H,91,121)(H,92,126)(H,93,123)(H,94,125)(H,95,127)(H,96,130)(H,97,133)(H,98,120)(H,99,132)(H,100,129)(H,101,128)(H,102,124)(H,103,131)(H,111,112)(H,113,114)(H,115,116)(H,117,118)/t39-,40-,41+,42-,43-,44-,45-,46-,47-,48-,49-,50-,51-,52-,53-,54-,65-/m0/s1. The van der Waals surface area contributed by atoms with Crippen molar-refractivity contribution in [3.8, 4) is 0 Å². The van der Waals surface area contributed by atoms with Crippen LogP contribution in [0.2, 0.25) is 0 Å². The topological polar surface area (TPSA) is 903 Å². The van der Waals surface area contributed by atoms with Gasteiger partial charge in [-0.15, -0.1) is 0 Å². The summed E-state index contributed by atoms with van der Waals surface area (Å²) in [6.07, 6.45) is -11.5. The highest BCUT2D eigenvalue weighted by Gasteiger charge is 2.42. The first kappa shape index (κ1) is 118. The third kappa shape index (κ3) is 47.3. The van der Waals surface area contributed by atoms with Crippen molar-refractivity contribution in [3.05, 3.63) is 0 Å². The summed E-state index contributed by atoms with van der Waals surface area (Å²) in [5, 5.41) is 86.5. The van der Waals surface area contributed by atoms with Gasteiger partial charge in [0, 0.05) is 64.0 Å². The van der Waals surface area contributed by atoms with Crippen LogP contribution in [-0.4, -0.2) is 290 Å². The average molecular weight is 1900 g/mol. The molecule has 1 fully saturated rings. The lowest BCUT2D eigenvalue weighted by Gasteiger charge is -2.31. The minimum atomic E-state index is -1.91. The van der Waals surface area contributed by atoms with Gasteiger partial charge in [-0.2, -0.15) is 0 Å². The molecule has 748 valence electrons. The molecule has 1 aliphatic heterocycles. The molecule has 1 aliphatic rings. The fourth-order valence-corrected chi connectivity index (χ4v) is 13.3. The van der Waals surface area contributed by atoms with Gasteiger partial charge in [-0.05, 0) is 128 Å². The lowest BCUT2D eigenvalue weighted by atomic mass is 9.89. The van der Waals surface area contributed by atoms with Gasteiger partial charge in [0.25, 0.3) is 0 Å². The smallest absolute Gasteiger partial charge is 0.303 e. The maximum atomic E-state index is 15.0. The van der Waals surface area contributed by atoms with Gasteiger partial charge < -0.3 is 151 Å². The molecule has 0 bridgehead atoms. The van der Waals surface area contributed by atoms with Crippen molar-refractivity contribution in [1.82, 2.24) is 85.1 Å². The summed E-state index contributed by atoms with van der Waals surface area (Å²) < 4.78 is 0. The average Bonchev–Trinajstić information content (AvgIpc) is 0.896. The SMILES string of the molecule is CC[C@H](C)[C@@H]1NC(=O)[C@H](CC(C)C)NC(=O)[C@@H](NC(=O)[C@H](CCC(N)=O)[C@H](CC(N)=O)NC(=O)[C@H](C)NC(=O)[C@H](CCC(N)=O)NC(=O)[C@H](CC(C)C)NC(=O)[C@H](CCC(=O)O)NC(=O)[C@H](CCC(=O)O)NC(=O)[C@H](CCC(=O)O)NC(=O)CN)CCC(=O)NCCCC[C@@H](C(=O)N[C@@H](CCC(=O)O)C(=O)N[C@@H](CCCCN)C(=O)N[C@@H](CO)C(=O)N[C@@H](CC(N)=O)C(N)=O)NC1=O. The van der Waals surface area contributed by atoms with E-state index in [0.29, 0.717) is 0 Å². The molecule has 0 unspecified atom stereocenters. The number of aliphatic hydroxyl groups is 1. The fourth-order valence-electron chi connectivity index (χ4n) is 13.3. The number of unbranched alkanes of at least 4 members (excludes halogenated alkanes) is 1. The second-order valence-electron chi connectivity index (χ2n) is 32.9. The molecule has 21 amide bonds. The molecule has 0 saturated carbocycles. The van der Waals surface area contributed by atoms with Crippen LogP contribution < -0.4 is 125 Å². The Balaban J connectivity index is 3.89. The molecule has 1 saturated heterocycles. The molecular formula is C80H133N23O30. The molecule has 0 aromatic rings. The molecule has 1 rings (SSSR count). The number of aliphatic hydroxyl groups excluding tert-OH is 1. The number of carbonyl (C=O) groups excluding carboxylic acids is 21. The number of carbonyl (C=O) groups is 25. The number of nitrogens with two attached hydrogens (primary N) is 7. The van der Waals surface area contributed by atoms with E-state index in [4.69, 9.17) is 40.1 Å². The second kappa shape index (κ2) is 61.3. The largest absolute Gasteiger partial charge is 0.481 e. The number of carboxylic acids is 4. The van der Waals surface area contributed by atoms with Crippen molar-refractivity contribution in [2.45, 2.75) is 300 Å². The van der Waals surface area contributed by atoms with Crippen LogP contribution in [0.25, 0.3) is 0 Å². The van der Waals surface area contributed by atoms with E-state index in [1.807, 2.05) is 0 Å². The van der Waals surface area contributed by atoms with Crippen molar-refractivity contribution in [3.63, 3.8) is 0 Å². The normalized spacial score (nSPS) is 18.0. The van der Waals surface area contributed by atoms with E-state index in [-0.39, 0.29) is 70.9 Å². The van der Waals surface area contributed by atoms with Gasteiger partial charge in [0.1, 0.15) is 84.6 Å². The predicted octanol–water partition coefficient (Wildman–Crippen LogP) is -10.6. The molecular weight excluding hydrogens is 1760 g/mol. The van der Waals surface area contributed by atoms with Crippen molar-refractivity contribution in [1.29, 1.82) is 0 Å². The van der Waals surface area contributed by atoms with E-state index in [2.05, 4.69) is 85.1 Å². The molecule has 0 spiro atoms. The molecule has 0 aromatic heterocycles. The lowest BCUT2D eigenvalue weighted by molar-refractivity contribution is -0.140. The number of hydrogen-bond donors (Lipinski definition) is 28. The second-order valence-corrected chi connectivity index (χ2v) is 32.9. The first-order valence-corrected chi connectivity index (χ1v) is 43.4. The van der Waals surface area contributed by atoms with E-state index in [0.717, 1.165) is 6.92 Å². The lowest BCUT2D eigenvalue weighted by Crippen LogP contribution is -2.61. The molecule has 35 N–H and O–H groups in total. The molecule has 53 nitrogen and oxygen atoms in total. The fraction of sp³-hybridized carbons (Fsp3) is 0.688. The summed E-state index contributed by atoms with van der Waals surface area (Å²) in [4.78, 5) is 334. The van der Waals surface area contributed by atoms with Crippen LogP contribution in [0.3, 0.4) is 0 Å². The van der Waals surface area contributed by atoms with Crippen LogP contribution in [0, 0.1) is 23.7 Å². The Kier molecular flexibility index (Phi) is 54.2. The monoisotopic (exact) mass is 1900 g/mol. The van der Waals surface area contributed by atoms with Gasteiger partial charge in [0.05, 0.1) is 25.5 Å². The Bertz CT molecular complexity index is 4100. The van der Waals surface area contributed by atoms with Crippen molar-refractivity contribution in [2.24, 2.45) is 63.8 Å². The Morgan fingerprint density at radius 3 is 1.30 bits per heavy atom. The summed E-state index contributed by atoms with van der Waals surface area (Å²) in [5.74, 6) is -32.9. The van der Waals surface area contributed by atoms with Crippen LogP contribution in [0.1, 0.15) is 209 Å². The van der Waals surface area contributed by atoms with Crippen LogP contribution in [0.4, 0.5) is 0 Å². The van der Waals surface area contributed by atoms with Crippen LogP contribution in [-0.2, 0) is 120 Å². The first-order valence-electron chi connectivity index (χ1n) is 43.4. The quantitative estimate of drug-likeness (QED) is 0.0251. The predicted molar refractivity (Wildman–Crippen MR) is 463 cm³/mol. The van der Waals surface area contributed by atoms with Gasteiger partial charge >= 0.3 is 23.9 Å². The Hall–Kier alpha value is -13.4. The third-order valence-electron chi connectivity index (χ3n) is 20.8. The minimum absolute atomic E-state index is 0.0234. The Morgan fingerprint density at radius 1 is 0.421 bits per heavy atom. The zero-order valence-corrected chi connectivity index (χ0v) is 75.5. The molecule has 0 radical (unpaired) electrons. The summed E-state index contributed by atoms with van der Waals surface area (Å²) in [6, 6.07) is -26.0. The van der Waals surface area contributed by atoms with Gasteiger partial charge in [-0.25, -0.2) is 0 Å². The van der Waals surface area contributed by atoms with E-state index in [1.165, 1.54) is 0 Å². The Morgan fingerprint density at radius 2 is 0.857 bits per heavy atom. The number of amides is 21. The molecule has 53 heteroatoms. The number of carboxylic acid groups (broad SMARTS) is 4. The zero-order chi connectivity index (χ0) is 101. The number of hydrogen-bond acceptors (Lipinski definition) is 28. The third-order valence-corrected chi connectivity index (χ3v) is 20.8. The van der Waals surface area contributed by atoms with Crippen molar-refractivity contribution < 1.29 is 145 Å². The molecule has 0 aliphatic carbocycles.